The third-order valence-electron chi connectivity index (χ3n) is 2.69. The molecular weight excluding hydrogens is 200 g/mol. The molecule has 1 rings (SSSR count). The molecule has 0 spiro atoms. The zero-order valence-corrected chi connectivity index (χ0v) is 9.17. The summed E-state index contributed by atoms with van der Waals surface area (Å²) in [6, 6.07) is -0.671. The normalized spacial score (nSPS) is 25.8. The molecule has 1 saturated heterocycles. The molecule has 0 N–H and O–H groups in total. The van der Waals surface area contributed by atoms with Crippen molar-refractivity contribution >= 4 is 5.78 Å². The number of nitrogens with zero attached hydrogens (tertiary/aromatic N) is 1. The summed E-state index contributed by atoms with van der Waals surface area (Å²) in [5, 5.41) is 0. The van der Waals surface area contributed by atoms with Gasteiger partial charge < -0.3 is 0 Å². The lowest BCUT2D eigenvalue weighted by Crippen LogP contribution is -2.40. The lowest BCUT2D eigenvalue weighted by molar-refractivity contribution is -0.123. The van der Waals surface area contributed by atoms with Crippen molar-refractivity contribution in [3.63, 3.8) is 0 Å². The van der Waals surface area contributed by atoms with Crippen LogP contribution in [-0.2, 0) is 4.79 Å². The number of hydrogen-bond acceptors (Lipinski definition) is 2. The van der Waals surface area contributed by atoms with Gasteiger partial charge in [0.1, 0.15) is 0 Å². The molecule has 0 saturated carbocycles. The van der Waals surface area contributed by atoms with E-state index in [2.05, 4.69) is 6.58 Å². The third kappa shape index (κ3) is 2.84. The molecule has 0 bridgehead atoms. The molecule has 15 heavy (non-hydrogen) atoms. The first-order valence-corrected chi connectivity index (χ1v) is 5.14. The largest absolute Gasteiger partial charge is 0.298 e. The summed E-state index contributed by atoms with van der Waals surface area (Å²) in [5.74, 6) is -2.89. The second kappa shape index (κ2) is 4.39. The summed E-state index contributed by atoms with van der Waals surface area (Å²) in [6.07, 6.45) is 1.29. The number of halogens is 2. The van der Waals surface area contributed by atoms with Crippen LogP contribution in [0.3, 0.4) is 0 Å². The SMILES string of the molecule is C=CCC(=O)[C@@H]1CC(F)(F)CN1C(C)C. The number of alkyl halides is 2. The maximum absolute atomic E-state index is 13.2. The Balaban J connectivity index is 2.77. The zero-order chi connectivity index (χ0) is 11.6. The molecule has 0 aromatic rings. The number of likely N-dealkylation sites (tertiary alicyclic amines) is 1. The van der Waals surface area contributed by atoms with Crippen LogP contribution < -0.4 is 0 Å². The number of ketones is 1. The highest BCUT2D eigenvalue weighted by Gasteiger charge is 2.47. The first-order chi connectivity index (χ1) is 6.87. The Kier molecular flexibility index (Phi) is 3.60. The van der Waals surface area contributed by atoms with E-state index in [1.165, 1.54) is 6.08 Å². The van der Waals surface area contributed by atoms with Gasteiger partial charge in [0.25, 0.3) is 5.92 Å². The average molecular weight is 217 g/mol. The van der Waals surface area contributed by atoms with Crippen LogP contribution >= 0.6 is 0 Å². The van der Waals surface area contributed by atoms with Gasteiger partial charge in [0.05, 0.1) is 12.6 Å². The molecule has 0 aliphatic carbocycles. The van der Waals surface area contributed by atoms with Crippen LogP contribution in [0.5, 0.6) is 0 Å². The van der Waals surface area contributed by atoms with E-state index in [9.17, 15) is 13.6 Å². The van der Waals surface area contributed by atoms with Crippen LogP contribution in [-0.4, -0.2) is 35.2 Å². The van der Waals surface area contributed by atoms with Crippen molar-refractivity contribution in [1.82, 2.24) is 4.90 Å². The van der Waals surface area contributed by atoms with Gasteiger partial charge in [0.15, 0.2) is 5.78 Å². The fourth-order valence-corrected chi connectivity index (χ4v) is 1.96. The summed E-state index contributed by atoms with van der Waals surface area (Å²) in [4.78, 5) is 13.2. The van der Waals surface area contributed by atoms with E-state index in [4.69, 9.17) is 0 Å². The molecule has 0 unspecified atom stereocenters. The molecule has 1 aliphatic rings. The fraction of sp³-hybridized carbons (Fsp3) is 0.727. The maximum Gasteiger partial charge on any atom is 0.262 e. The average Bonchev–Trinajstić information content (AvgIpc) is 2.42. The molecule has 1 heterocycles. The van der Waals surface area contributed by atoms with E-state index in [0.717, 1.165) is 0 Å². The Morgan fingerprint density at radius 1 is 1.67 bits per heavy atom. The molecule has 2 nitrogen and oxygen atoms in total. The smallest absolute Gasteiger partial charge is 0.262 e. The van der Waals surface area contributed by atoms with Crippen molar-refractivity contribution in [2.75, 3.05) is 6.54 Å². The number of allylic oxidation sites excluding steroid dienone is 1. The fourth-order valence-electron chi connectivity index (χ4n) is 1.96. The summed E-state index contributed by atoms with van der Waals surface area (Å²) in [6.45, 7) is 6.80. The Labute approximate surface area is 88.9 Å². The van der Waals surface area contributed by atoms with Crippen LogP contribution in [0.4, 0.5) is 8.78 Å². The third-order valence-corrected chi connectivity index (χ3v) is 2.69. The summed E-state index contributed by atoms with van der Waals surface area (Å²) >= 11 is 0. The van der Waals surface area contributed by atoms with Crippen LogP contribution in [0.25, 0.3) is 0 Å². The topological polar surface area (TPSA) is 20.3 Å². The first kappa shape index (κ1) is 12.3. The van der Waals surface area contributed by atoms with Gasteiger partial charge in [-0.15, -0.1) is 6.58 Å². The minimum Gasteiger partial charge on any atom is -0.298 e. The molecule has 1 fully saturated rings. The van der Waals surface area contributed by atoms with Gasteiger partial charge >= 0.3 is 0 Å². The van der Waals surface area contributed by atoms with Gasteiger partial charge in [-0.2, -0.15) is 0 Å². The van der Waals surface area contributed by atoms with Crippen molar-refractivity contribution in [3.05, 3.63) is 12.7 Å². The van der Waals surface area contributed by atoms with E-state index in [-0.39, 0.29) is 31.2 Å². The number of carbonyl (C=O) groups is 1. The Hall–Kier alpha value is -0.770. The quantitative estimate of drug-likeness (QED) is 0.673. The van der Waals surface area contributed by atoms with E-state index >= 15 is 0 Å². The van der Waals surface area contributed by atoms with E-state index in [1.54, 1.807) is 4.90 Å². The standard InChI is InChI=1S/C11H17F2NO/c1-4-5-10(15)9-6-11(12,13)7-14(9)8(2)3/h4,8-9H,1,5-7H2,2-3H3/t9-/m0/s1. The summed E-state index contributed by atoms with van der Waals surface area (Å²) in [5.41, 5.74) is 0. The molecule has 0 aromatic carbocycles. The minimum absolute atomic E-state index is 0.0304. The van der Waals surface area contributed by atoms with Crippen LogP contribution in [0.15, 0.2) is 12.7 Å². The lowest BCUT2D eigenvalue weighted by Gasteiger charge is -2.26. The van der Waals surface area contributed by atoms with E-state index in [1.807, 2.05) is 13.8 Å². The van der Waals surface area contributed by atoms with Crippen LogP contribution in [0, 0.1) is 0 Å². The second-order valence-corrected chi connectivity index (χ2v) is 4.30. The van der Waals surface area contributed by atoms with E-state index in [0.29, 0.717) is 0 Å². The van der Waals surface area contributed by atoms with Gasteiger partial charge in [0, 0.05) is 18.9 Å². The van der Waals surface area contributed by atoms with Crippen molar-refractivity contribution in [1.29, 1.82) is 0 Å². The Morgan fingerprint density at radius 2 is 2.27 bits per heavy atom. The summed E-state index contributed by atoms with van der Waals surface area (Å²) in [7, 11) is 0. The molecule has 0 amide bonds. The zero-order valence-electron chi connectivity index (χ0n) is 9.17. The molecule has 4 heteroatoms. The van der Waals surface area contributed by atoms with Gasteiger partial charge in [-0.1, -0.05) is 6.08 Å². The predicted octanol–water partition coefficient (Wildman–Crippen LogP) is 2.25. The van der Waals surface area contributed by atoms with Crippen LogP contribution in [0.1, 0.15) is 26.7 Å². The Bertz CT molecular complexity index is 263. The van der Waals surface area contributed by atoms with Gasteiger partial charge in [-0.05, 0) is 13.8 Å². The molecular formula is C11H17F2NO. The van der Waals surface area contributed by atoms with Crippen molar-refractivity contribution < 1.29 is 13.6 Å². The molecule has 0 radical (unpaired) electrons. The number of carbonyl (C=O) groups excluding carboxylic acids is 1. The molecule has 86 valence electrons. The minimum atomic E-state index is -2.73. The monoisotopic (exact) mass is 217 g/mol. The van der Waals surface area contributed by atoms with Gasteiger partial charge in [0.2, 0.25) is 0 Å². The lowest BCUT2D eigenvalue weighted by atomic mass is 10.1. The van der Waals surface area contributed by atoms with Crippen molar-refractivity contribution in [2.24, 2.45) is 0 Å². The predicted molar refractivity (Wildman–Crippen MR) is 55.0 cm³/mol. The second-order valence-electron chi connectivity index (χ2n) is 4.30. The van der Waals surface area contributed by atoms with Gasteiger partial charge in [-0.25, -0.2) is 8.78 Å². The maximum atomic E-state index is 13.2. The number of hydrogen-bond donors (Lipinski definition) is 0. The Morgan fingerprint density at radius 3 is 2.73 bits per heavy atom. The van der Waals surface area contributed by atoms with Crippen LogP contribution in [0.2, 0.25) is 0 Å². The molecule has 0 aromatic heterocycles. The highest BCUT2D eigenvalue weighted by atomic mass is 19.3. The van der Waals surface area contributed by atoms with E-state index < -0.39 is 12.0 Å². The summed E-state index contributed by atoms with van der Waals surface area (Å²) < 4.78 is 26.4. The number of rotatable bonds is 4. The molecule has 1 aliphatic heterocycles. The first-order valence-electron chi connectivity index (χ1n) is 5.14. The van der Waals surface area contributed by atoms with Crippen molar-refractivity contribution in [3.8, 4) is 0 Å². The molecule has 1 atom stereocenters. The highest BCUT2D eigenvalue weighted by Crippen LogP contribution is 2.34. The highest BCUT2D eigenvalue weighted by molar-refractivity contribution is 5.85. The number of Topliss-reactive ketones (excluding diaryl/α,β-unsaturated/α-hetero) is 1. The van der Waals surface area contributed by atoms with Crippen molar-refractivity contribution in [2.45, 2.75) is 44.7 Å². The van der Waals surface area contributed by atoms with Gasteiger partial charge in [-0.3, -0.25) is 9.69 Å².